The zero-order chi connectivity index (χ0) is 22.9. The van der Waals surface area contributed by atoms with Gasteiger partial charge in [0, 0.05) is 44.8 Å². The van der Waals surface area contributed by atoms with Crippen molar-refractivity contribution in [2.24, 2.45) is 15.7 Å². The molecule has 0 spiro atoms. The Balaban J connectivity index is 2.56. The van der Waals surface area contributed by atoms with Gasteiger partial charge in [-0.3, -0.25) is 19.6 Å². The molecule has 0 aromatic carbocycles. The van der Waals surface area contributed by atoms with E-state index >= 15 is 0 Å². The van der Waals surface area contributed by atoms with Gasteiger partial charge in [0.1, 0.15) is 0 Å². The third-order valence-electron chi connectivity index (χ3n) is 3.79. The maximum absolute atomic E-state index is 12.2. The number of carboxylic acid groups (broad SMARTS) is 1. The van der Waals surface area contributed by atoms with E-state index in [2.05, 4.69) is 37.3 Å². The summed E-state index contributed by atoms with van der Waals surface area (Å²) in [5.74, 6) is -0.782. The van der Waals surface area contributed by atoms with Crippen molar-refractivity contribution in [1.82, 2.24) is 20.6 Å². The highest BCUT2D eigenvalue weighted by atomic mass is 16.5. The van der Waals surface area contributed by atoms with Gasteiger partial charge in [0.25, 0.3) is 5.91 Å². The number of carbonyl (C=O) groups is 2. The first kappa shape index (κ1) is 25.7. The van der Waals surface area contributed by atoms with Crippen molar-refractivity contribution in [1.29, 1.82) is 0 Å². The molecular weight excluding hydrogens is 404 g/mol. The van der Waals surface area contributed by atoms with Gasteiger partial charge < -0.3 is 31.1 Å². The lowest BCUT2D eigenvalue weighted by atomic mass is 10.3. The highest BCUT2D eigenvalue weighted by Gasteiger charge is 2.11. The number of amides is 1. The van der Waals surface area contributed by atoms with Crippen LogP contribution in [0.5, 0.6) is 0 Å². The third-order valence-corrected chi connectivity index (χ3v) is 3.79. The van der Waals surface area contributed by atoms with Crippen molar-refractivity contribution in [2.75, 3.05) is 57.9 Å². The van der Waals surface area contributed by atoms with Crippen LogP contribution < -0.4 is 21.3 Å². The second-order valence-electron chi connectivity index (χ2n) is 6.22. The lowest BCUT2D eigenvalue weighted by molar-refractivity contribution is -0.138. The van der Waals surface area contributed by atoms with Gasteiger partial charge in [-0.25, -0.2) is 9.97 Å². The summed E-state index contributed by atoms with van der Waals surface area (Å²) in [4.78, 5) is 40.9. The number of carboxylic acids is 1. The lowest BCUT2D eigenvalue weighted by Crippen LogP contribution is -2.34. The zero-order valence-corrected chi connectivity index (χ0v) is 17.7. The molecule has 1 amide bonds. The number of allylic oxidation sites excluding steroid dienone is 1. The number of nitrogens with zero attached hydrogens (tertiary/aromatic N) is 5. The first-order valence-corrected chi connectivity index (χ1v) is 9.68. The maximum Gasteiger partial charge on any atom is 0.305 e. The number of aliphatic carboxylic acids is 1. The number of carbonyl (C=O) groups excluding carboxylic acids is 1. The summed E-state index contributed by atoms with van der Waals surface area (Å²) in [5.41, 5.74) is 6.40. The molecule has 170 valence electrons. The van der Waals surface area contributed by atoms with Crippen molar-refractivity contribution in [3.8, 4) is 0 Å². The van der Waals surface area contributed by atoms with Crippen molar-refractivity contribution in [2.45, 2.75) is 6.42 Å². The molecule has 0 aliphatic carbocycles. The van der Waals surface area contributed by atoms with Gasteiger partial charge in [0.15, 0.2) is 0 Å². The highest BCUT2D eigenvalue weighted by Crippen LogP contribution is 2.07. The highest BCUT2D eigenvalue weighted by molar-refractivity contribution is 5.93. The molecule has 0 fully saturated rings. The van der Waals surface area contributed by atoms with Crippen LogP contribution in [0, 0.1) is 0 Å². The Bertz CT molecular complexity index is 752. The van der Waals surface area contributed by atoms with Crippen LogP contribution in [0.2, 0.25) is 0 Å². The van der Waals surface area contributed by atoms with Gasteiger partial charge in [-0.1, -0.05) is 0 Å². The fraction of sp³-hybridized carbons (Fsp3) is 0.474. The molecule has 0 aliphatic rings. The zero-order valence-electron chi connectivity index (χ0n) is 17.7. The fourth-order valence-corrected chi connectivity index (χ4v) is 2.25. The van der Waals surface area contributed by atoms with Crippen LogP contribution in [0.1, 0.15) is 16.8 Å². The molecule has 5 N–H and O–H groups in total. The van der Waals surface area contributed by atoms with Crippen LogP contribution in [0.4, 0.5) is 5.95 Å². The first-order chi connectivity index (χ1) is 15.0. The largest absolute Gasteiger partial charge is 0.481 e. The molecule has 12 nitrogen and oxygen atoms in total. The van der Waals surface area contributed by atoms with Crippen molar-refractivity contribution >= 4 is 30.8 Å². The van der Waals surface area contributed by atoms with Gasteiger partial charge in [0.05, 0.1) is 43.6 Å². The van der Waals surface area contributed by atoms with E-state index in [4.69, 9.17) is 15.6 Å². The van der Waals surface area contributed by atoms with Crippen molar-refractivity contribution < 1.29 is 19.4 Å². The number of aliphatic imine (C=N–C) groups is 2. The number of hydrogen-bond acceptors (Lipinski definition) is 10. The number of nitrogens with two attached hydrogens (primary N) is 1. The quantitative estimate of drug-likeness (QED) is 0.194. The molecule has 0 bridgehead atoms. The van der Waals surface area contributed by atoms with Gasteiger partial charge in [-0.05, 0) is 13.8 Å². The standard InChI is InChI=1S/C19H30N8O4/c1-21-4-7-27(8-5-23-14-16(20)13-22-2)19-25-11-15(12-26-19)18(30)24-6-10-31-9-3-17(28)29/h11-14,21H,2-10,20H2,1H3,(H,24,30)(H,28,29)/b16-13+,23-14?. The number of ether oxygens (including phenoxy) is 1. The van der Waals surface area contributed by atoms with E-state index in [1.807, 2.05) is 11.9 Å². The Hall–Kier alpha value is -3.38. The van der Waals surface area contributed by atoms with Crippen LogP contribution in [-0.2, 0) is 9.53 Å². The Morgan fingerprint density at radius 1 is 1.29 bits per heavy atom. The smallest absolute Gasteiger partial charge is 0.305 e. The van der Waals surface area contributed by atoms with E-state index in [0.717, 1.165) is 6.54 Å². The van der Waals surface area contributed by atoms with Crippen molar-refractivity contribution in [3.63, 3.8) is 0 Å². The Morgan fingerprint density at radius 2 is 2.03 bits per heavy atom. The molecular formula is C19H30N8O4. The van der Waals surface area contributed by atoms with Crippen LogP contribution in [0.25, 0.3) is 0 Å². The average Bonchev–Trinajstić information content (AvgIpc) is 2.75. The van der Waals surface area contributed by atoms with Crippen molar-refractivity contribution in [3.05, 3.63) is 29.9 Å². The molecule has 0 atom stereocenters. The first-order valence-electron chi connectivity index (χ1n) is 9.68. The fourth-order valence-electron chi connectivity index (χ4n) is 2.25. The Labute approximate surface area is 181 Å². The molecule has 31 heavy (non-hydrogen) atoms. The molecule has 0 radical (unpaired) electrons. The topological polar surface area (TPSA) is 167 Å². The molecule has 0 aliphatic heterocycles. The predicted molar refractivity (Wildman–Crippen MR) is 119 cm³/mol. The molecule has 1 heterocycles. The Kier molecular flexibility index (Phi) is 12.8. The molecule has 0 unspecified atom stereocenters. The molecule has 12 heteroatoms. The number of likely N-dealkylation sites (N-methyl/N-ethyl adjacent to an activating group) is 1. The Morgan fingerprint density at radius 3 is 2.68 bits per heavy atom. The van der Waals surface area contributed by atoms with Gasteiger partial charge in [-0.2, -0.15) is 0 Å². The lowest BCUT2D eigenvalue weighted by Gasteiger charge is -2.21. The van der Waals surface area contributed by atoms with E-state index in [0.29, 0.717) is 36.8 Å². The summed E-state index contributed by atoms with van der Waals surface area (Å²) in [5, 5.41) is 14.3. The number of aromatic nitrogens is 2. The number of hydrogen-bond donors (Lipinski definition) is 4. The summed E-state index contributed by atoms with van der Waals surface area (Å²) >= 11 is 0. The summed E-state index contributed by atoms with van der Waals surface area (Å²) in [7, 11) is 1.85. The average molecular weight is 435 g/mol. The van der Waals surface area contributed by atoms with Crippen LogP contribution in [0.15, 0.2) is 34.3 Å². The summed E-state index contributed by atoms with van der Waals surface area (Å²) in [6, 6.07) is 0. The SMILES string of the molecule is C=N/C=C(/N)C=NCCN(CCNC)c1ncc(C(=O)NCCOCCC(=O)O)cn1. The van der Waals surface area contributed by atoms with E-state index in [1.165, 1.54) is 24.8 Å². The van der Waals surface area contributed by atoms with Gasteiger partial charge >= 0.3 is 5.97 Å². The van der Waals surface area contributed by atoms with Gasteiger partial charge in [0.2, 0.25) is 5.95 Å². The molecule has 1 rings (SSSR count). The number of nitrogens with one attached hydrogen (secondary N) is 2. The van der Waals surface area contributed by atoms with E-state index in [-0.39, 0.29) is 32.1 Å². The molecule has 1 aromatic heterocycles. The summed E-state index contributed by atoms with van der Waals surface area (Å²) < 4.78 is 5.12. The van der Waals surface area contributed by atoms with E-state index in [9.17, 15) is 9.59 Å². The predicted octanol–water partition coefficient (Wildman–Crippen LogP) is -0.705. The second kappa shape index (κ2) is 15.5. The van der Waals surface area contributed by atoms with Crippen LogP contribution in [-0.4, -0.2) is 92.9 Å². The number of rotatable bonds is 16. The number of anilines is 1. The summed E-state index contributed by atoms with van der Waals surface area (Å²) in [6.45, 7) is 6.32. The minimum Gasteiger partial charge on any atom is -0.481 e. The molecule has 0 saturated heterocycles. The second-order valence-corrected chi connectivity index (χ2v) is 6.22. The van der Waals surface area contributed by atoms with E-state index in [1.54, 1.807) is 0 Å². The molecule has 1 aromatic rings. The molecule has 0 saturated carbocycles. The van der Waals surface area contributed by atoms with E-state index < -0.39 is 5.97 Å². The van der Waals surface area contributed by atoms with Crippen LogP contribution in [0.3, 0.4) is 0 Å². The summed E-state index contributed by atoms with van der Waals surface area (Å²) in [6.07, 6.45) is 5.76. The minimum absolute atomic E-state index is 0.0747. The minimum atomic E-state index is -0.928. The third kappa shape index (κ3) is 11.4. The normalized spacial score (nSPS) is 11.5. The monoisotopic (exact) mass is 434 g/mol. The van der Waals surface area contributed by atoms with Crippen LogP contribution >= 0.6 is 0 Å². The van der Waals surface area contributed by atoms with Gasteiger partial charge in [-0.15, -0.1) is 0 Å². The maximum atomic E-state index is 12.2.